The Bertz CT molecular complexity index is 582. The van der Waals surface area contributed by atoms with Gasteiger partial charge in [0.1, 0.15) is 5.75 Å². The minimum Gasteiger partial charge on any atom is -0.437 e. The number of hydrogen-bond acceptors (Lipinski definition) is 4. The first-order valence-electron chi connectivity index (χ1n) is 6.31. The van der Waals surface area contributed by atoms with E-state index >= 15 is 0 Å². The highest BCUT2D eigenvalue weighted by molar-refractivity contribution is 5.43. The zero-order valence-corrected chi connectivity index (χ0v) is 11.8. The molecule has 1 heterocycles. The first kappa shape index (κ1) is 13.5. The number of benzene rings is 1. The molecule has 100 valence electrons. The second kappa shape index (κ2) is 5.80. The van der Waals surface area contributed by atoms with Crippen molar-refractivity contribution in [3.63, 3.8) is 0 Å². The molecule has 0 aliphatic rings. The van der Waals surface area contributed by atoms with Crippen molar-refractivity contribution >= 4 is 0 Å². The molecule has 4 nitrogen and oxygen atoms in total. The second-order valence-electron chi connectivity index (χ2n) is 4.69. The van der Waals surface area contributed by atoms with Crippen LogP contribution in [0.3, 0.4) is 0 Å². The Kier molecular flexibility index (Phi) is 4.12. The lowest BCUT2D eigenvalue weighted by molar-refractivity contribution is 0.452. The minimum atomic E-state index is 0.529. The fourth-order valence-electron chi connectivity index (χ4n) is 1.92. The summed E-state index contributed by atoms with van der Waals surface area (Å²) in [5.41, 5.74) is 4.39. The van der Waals surface area contributed by atoms with Crippen molar-refractivity contribution in [2.75, 3.05) is 7.05 Å². The van der Waals surface area contributed by atoms with Crippen LogP contribution in [0.15, 0.2) is 24.5 Å². The normalized spacial score (nSPS) is 10.5. The van der Waals surface area contributed by atoms with E-state index in [1.807, 2.05) is 13.1 Å². The fourth-order valence-corrected chi connectivity index (χ4v) is 1.92. The van der Waals surface area contributed by atoms with Gasteiger partial charge in [0.25, 0.3) is 0 Å². The van der Waals surface area contributed by atoms with Crippen LogP contribution in [0.5, 0.6) is 11.6 Å². The van der Waals surface area contributed by atoms with Crippen LogP contribution in [0.25, 0.3) is 0 Å². The van der Waals surface area contributed by atoms with Crippen LogP contribution in [0.2, 0.25) is 0 Å². The molecule has 0 amide bonds. The van der Waals surface area contributed by atoms with Gasteiger partial charge in [-0.3, -0.25) is 4.98 Å². The molecule has 1 N–H and O–H groups in total. The van der Waals surface area contributed by atoms with Gasteiger partial charge in [0.15, 0.2) is 0 Å². The highest BCUT2D eigenvalue weighted by Crippen LogP contribution is 2.27. The Morgan fingerprint density at radius 3 is 2.68 bits per heavy atom. The number of nitrogens with zero attached hydrogens (tertiary/aromatic N) is 2. The monoisotopic (exact) mass is 257 g/mol. The number of hydrogen-bond donors (Lipinski definition) is 1. The highest BCUT2D eigenvalue weighted by Gasteiger charge is 2.07. The van der Waals surface area contributed by atoms with Crippen molar-refractivity contribution in [3.05, 3.63) is 46.9 Å². The van der Waals surface area contributed by atoms with Crippen molar-refractivity contribution in [3.8, 4) is 11.6 Å². The SMILES string of the molecule is CNCc1cncc(Oc2cc(C)cc(C)c2C)n1. The van der Waals surface area contributed by atoms with E-state index in [-0.39, 0.29) is 0 Å². The van der Waals surface area contributed by atoms with Crippen LogP contribution in [-0.2, 0) is 6.54 Å². The molecule has 2 rings (SSSR count). The molecule has 19 heavy (non-hydrogen) atoms. The Morgan fingerprint density at radius 1 is 1.16 bits per heavy atom. The topological polar surface area (TPSA) is 47.0 Å². The number of aryl methyl sites for hydroxylation is 2. The highest BCUT2D eigenvalue weighted by atomic mass is 16.5. The summed E-state index contributed by atoms with van der Waals surface area (Å²) < 4.78 is 5.86. The van der Waals surface area contributed by atoms with Crippen LogP contribution in [0.4, 0.5) is 0 Å². The van der Waals surface area contributed by atoms with E-state index in [0.717, 1.165) is 17.0 Å². The summed E-state index contributed by atoms with van der Waals surface area (Å²) in [6.45, 7) is 6.87. The zero-order valence-electron chi connectivity index (χ0n) is 11.8. The fraction of sp³-hybridized carbons (Fsp3) is 0.333. The van der Waals surface area contributed by atoms with Crippen molar-refractivity contribution in [2.45, 2.75) is 27.3 Å². The van der Waals surface area contributed by atoms with Gasteiger partial charge in [-0.2, -0.15) is 0 Å². The van der Waals surface area contributed by atoms with Gasteiger partial charge in [0.05, 0.1) is 11.9 Å². The summed E-state index contributed by atoms with van der Waals surface area (Å²) >= 11 is 0. The van der Waals surface area contributed by atoms with Crippen LogP contribution >= 0.6 is 0 Å². The maximum atomic E-state index is 5.86. The maximum absolute atomic E-state index is 5.86. The predicted octanol–water partition coefficient (Wildman–Crippen LogP) is 2.91. The Balaban J connectivity index is 2.28. The third-order valence-electron chi connectivity index (χ3n) is 3.00. The molecule has 0 bridgehead atoms. The summed E-state index contributed by atoms with van der Waals surface area (Å²) in [7, 11) is 1.88. The number of nitrogens with one attached hydrogen (secondary N) is 1. The van der Waals surface area contributed by atoms with Gasteiger partial charge in [-0.15, -0.1) is 0 Å². The zero-order chi connectivity index (χ0) is 13.8. The summed E-state index contributed by atoms with van der Waals surface area (Å²) in [5, 5.41) is 3.05. The number of ether oxygens (including phenoxy) is 1. The van der Waals surface area contributed by atoms with E-state index in [4.69, 9.17) is 4.74 Å². The van der Waals surface area contributed by atoms with Crippen LogP contribution in [-0.4, -0.2) is 17.0 Å². The third kappa shape index (κ3) is 3.29. The van der Waals surface area contributed by atoms with Crippen LogP contribution in [0.1, 0.15) is 22.4 Å². The molecule has 0 aliphatic heterocycles. The average Bonchev–Trinajstić information content (AvgIpc) is 2.36. The van der Waals surface area contributed by atoms with Crippen LogP contribution in [0, 0.1) is 20.8 Å². The quantitative estimate of drug-likeness (QED) is 0.914. The number of aromatic nitrogens is 2. The molecule has 0 unspecified atom stereocenters. The van der Waals surface area contributed by atoms with Crippen molar-refractivity contribution in [1.82, 2.24) is 15.3 Å². The van der Waals surface area contributed by atoms with Crippen molar-refractivity contribution in [1.29, 1.82) is 0 Å². The number of rotatable bonds is 4. The molecule has 0 atom stereocenters. The molecule has 0 spiro atoms. The molecule has 0 fully saturated rings. The Morgan fingerprint density at radius 2 is 1.95 bits per heavy atom. The first-order chi connectivity index (χ1) is 9.10. The minimum absolute atomic E-state index is 0.529. The molecule has 0 aliphatic carbocycles. The van der Waals surface area contributed by atoms with Crippen LogP contribution < -0.4 is 10.1 Å². The van der Waals surface area contributed by atoms with Gasteiger partial charge >= 0.3 is 0 Å². The van der Waals surface area contributed by atoms with E-state index in [9.17, 15) is 0 Å². The van der Waals surface area contributed by atoms with E-state index in [2.05, 4.69) is 42.1 Å². The van der Waals surface area contributed by atoms with Crippen molar-refractivity contribution < 1.29 is 4.74 Å². The van der Waals surface area contributed by atoms with E-state index in [1.165, 1.54) is 11.1 Å². The predicted molar refractivity (Wildman–Crippen MR) is 75.5 cm³/mol. The summed E-state index contributed by atoms with van der Waals surface area (Å²) in [5.74, 6) is 1.37. The van der Waals surface area contributed by atoms with Crippen molar-refractivity contribution in [2.24, 2.45) is 0 Å². The van der Waals surface area contributed by atoms with E-state index in [0.29, 0.717) is 12.4 Å². The van der Waals surface area contributed by atoms with Gasteiger partial charge in [0, 0.05) is 12.7 Å². The third-order valence-corrected chi connectivity index (χ3v) is 3.00. The molecule has 1 aromatic heterocycles. The van der Waals surface area contributed by atoms with E-state index < -0.39 is 0 Å². The average molecular weight is 257 g/mol. The van der Waals surface area contributed by atoms with E-state index in [1.54, 1.807) is 12.4 Å². The smallest absolute Gasteiger partial charge is 0.238 e. The lowest BCUT2D eigenvalue weighted by Gasteiger charge is -2.11. The molecular weight excluding hydrogens is 238 g/mol. The summed E-state index contributed by atoms with van der Waals surface area (Å²) in [6, 6.07) is 4.17. The standard InChI is InChI=1S/C15H19N3O/c1-10-5-11(2)12(3)14(6-10)19-15-9-17-8-13(18-15)7-16-4/h5-6,8-9,16H,7H2,1-4H3. The van der Waals surface area contributed by atoms with Gasteiger partial charge in [-0.25, -0.2) is 4.98 Å². The van der Waals surface area contributed by atoms with Gasteiger partial charge in [-0.05, 0) is 50.6 Å². The molecule has 1 aromatic carbocycles. The van der Waals surface area contributed by atoms with Gasteiger partial charge in [-0.1, -0.05) is 6.07 Å². The maximum Gasteiger partial charge on any atom is 0.238 e. The molecular formula is C15H19N3O. The Hall–Kier alpha value is -1.94. The van der Waals surface area contributed by atoms with Gasteiger partial charge in [0.2, 0.25) is 5.88 Å². The Labute approximate surface area is 113 Å². The summed E-state index contributed by atoms with van der Waals surface area (Å²) in [4.78, 5) is 8.56. The lowest BCUT2D eigenvalue weighted by Crippen LogP contribution is -2.07. The molecule has 0 saturated carbocycles. The first-order valence-corrected chi connectivity index (χ1v) is 6.31. The molecule has 4 heteroatoms. The lowest BCUT2D eigenvalue weighted by atomic mass is 10.1. The molecule has 2 aromatic rings. The largest absolute Gasteiger partial charge is 0.437 e. The second-order valence-corrected chi connectivity index (χ2v) is 4.69. The van der Waals surface area contributed by atoms with Gasteiger partial charge < -0.3 is 10.1 Å². The molecule has 0 radical (unpaired) electrons. The molecule has 0 saturated heterocycles. The summed E-state index contributed by atoms with van der Waals surface area (Å²) in [6.07, 6.45) is 3.37.